The standard InChI is InChI=1S/C54H40/c1-5-15-45(16-6-1)53(46-17-7-2-8-18-46)37-43-29-25-41(26-30-43)33-35-51-39-49-23-13-14-24-50(49)40-52(51)36-34-42-27-31-44(32-28-42)38-54(47-19-9-3-10-20-47)48-21-11-4-12-22-48/h1-40H. The summed E-state index contributed by atoms with van der Waals surface area (Å²) in [6.45, 7) is 0. The van der Waals surface area contributed by atoms with Crippen LogP contribution in [0.5, 0.6) is 0 Å². The molecule has 0 radical (unpaired) electrons. The van der Waals surface area contributed by atoms with E-state index < -0.39 is 0 Å². The highest BCUT2D eigenvalue weighted by Crippen LogP contribution is 2.29. The fraction of sp³-hybridized carbons (Fsp3) is 0. The molecule has 0 saturated heterocycles. The molecular weight excluding hydrogens is 649 g/mol. The summed E-state index contributed by atoms with van der Waals surface area (Å²) in [5.74, 6) is 0. The minimum Gasteiger partial charge on any atom is -0.0622 e. The molecule has 0 bridgehead atoms. The molecule has 8 rings (SSSR count). The van der Waals surface area contributed by atoms with Crippen molar-refractivity contribution < 1.29 is 0 Å². The highest BCUT2D eigenvalue weighted by Gasteiger charge is 2.07. The molecule has 256 valence electrons. The first-order valence-electron chi connectivity index (χ1n) is 18.5. The molecule has 0 aliphatic heterocycles. The Kier molecular flexibility index (Phi) is 10.4. The molecule has 54 heavy (non-hydrogen) atoms. The molecule has 0 amide bonds. The highest BCUT2D eigenvalue weighted by molar-refractivity contribution is 5.94. The van der Waals surface area contributed by atoms with Crippen LogP contribution in [0.3, 0.4) is 0 Å². The van der Waals surface area contributed by atoms with Crippen molar-refractivity contribution in [1.82, 2.24) is 0 Å². The number of hydrogen-bond acceptors (Lipinski definition) is 0. The average molecular weight is 689 g/mol. The zero-order valence-corrected chi connectivity index (χ0v) is 30.1. The SMILES string of the molecule is C(=Cc1cc2ccccc2cc1C=Cc1ccc(C=C(c2ccccc2)c2ccccc2)cc1)c1ccc(C=C(c2ccccc2)c2ccccc2)cc1. The van der Waals surface area contributed by atoms with Gasteiger partial charge in [-0.2, -0.15) is 0 Å². The van der Waals surface area contributed by atoms with Crippen LogP contribution in [0, 0.1) is 0 Å². The van der Waals surface area contributed by atoms with Crippen LogP contribution in [0.1, 0.15) is 55.6 Å². The van der Waals surface area contributed by atoms with Crippen LogP contribution < -0.4 is 0 Å². The topological polar surface area (TPSA) is 0 Å². The monoisotopic (exact) mass is 688 g/mol. The molecule has 0 heterocycles. The van der Waals surface area contributed by atoms with E-state index >= 15 is 0 Å². The normalized spacial score (nSPS) is 11.2. The summed E-state index contributed by atoms with van der Waals surface area (Å²) in [4.78, 5) is 0. The smallest absolute Gasteiger partial charge is 0.0105 e. The quantitative estimate of drug-likeness (QED) is 0.125. The molecule has 0 aliphatic carbocycles. The van der Waals surface area contributed by atoms with E-state index in [9.17, 15) is 0 Å². The second-order valence-electron chi connectivity index (χ2n) is 13.4. The van der Waals surface area contributed by atoms with Crippen molar-refractivity contribution in [2.24, 2.45) is 0 Å². The molecule has 0 saturated carbocycles. The lowest BCUT2D eigenvalue weighted by atomic mass is 9.95. The fourth-order valence-electron chi connectivity index (χ4n) is 6.81. The Morgan fingerprint density at radius 2 is 0.537 bits per heavy atom. The lowest BCUT2D eigenvalue weighted by Gasteiger charge is -2.09. The first-order valence-corrected chi connectivity index (χ1v) is 18.5. The molecule has 8 aromatic carbocycles. The van der Waals surface area contributed by atoms with Crippen molar-refractivity contribution in [1.29, 1.82) is 0 Å². The van der Waals surface area contributed by atoms with E-state index in [1.54, 1.807) is 0 Å². The molecule has 0 nitrogen and oxygen atoms in total. The maximum atomic E-state index is 2.29. The van der Waals surface area contributed by atoms with E-state index in [1.807, 2.05) is 0 Å². The first kappa shape index (κ1) is 34.1. The predicted molar refractivity (Wildman–Crippen MR) is 234 cm³/mol. The van der Waals surface area contributed by atoms with Crippen molar-refractivity contribution in [3.63, 3.8) is 0 Å². The van der Waals surface area contributed by atoms with Crippen LogP contribution in [0.4, 0.5) is 0 Å². The minimum atomic E-state index is 1.16. The van der Waals surface area contributed by atoms with Gasteiger partial charge < -0.3 is 0 Å². The highest BCUT2D eigenvalue weighted by atomic mass is 14.1. The summed E-state index contributed by atoms with van der Waals surface area (Å²) in [6.07, 6.45) is 13.4. The van der Waals surface area contributed by atoms with Gasteiger partial charge in [0, 0.05) is 0 Å². The summed E-state index contributed by atoms with van der Waals surface area (Å²) in [6, 6.07) is 73.2. The minimum absolute atomic E-state index is 1.16. The van der Waals surface area contributed by atoms with Crippen molar-refractivity contribution in [3.8, 4) is 0 Å². The molecule has 0 aromatic heterocycles. The van der Waals surface area contributed by atoms with Gasteiger partial charge in [-0.1, -0.05) is 218 Å². The molecule has 0 unspecified atom stereocenters. The Morgan fingerprint density at radius 3 is 0.852 bits per heavy atom. The van der Waals surface area contributed by atoms with Gasteiger partial charge in [-0.3, -0.25) is 0 Å². The van der Waals surface area contributed by atoms with Crippen LogP contribution in [0.15, 0.2) is 206 Å². The maximum absolute atomic E-state index is 2.29. The Bertz CT molecular complexity index is 2300. The second-order valence-corrected chi connectivity index (χ2v) is 13.4. The third-order valence-corrected chi connectivity index (χ3v) is 9.70. The predicted octanol–water partition coefficient (Wildman–Crippen LogP) is 14.4. The van der Waals surface area contributed by atoms with Gasteiger partial charge in [0.25, 0.3) is 0 Å². The van der Waals surface area contributed by atoms with E-state index in [-0.39, 0.29) is 0 Å². The van der Waals surface area contributed by atoms with E-state index in [0.717, 1.165) is 11.1 Å². The van der Waals surface area contributed by atoms with Crippen molar-refractivity contribution in [2.75, 3.05) is 0 Å². The molecule has 0 heteroatoms. The van der Waals surface area contributed by atoms with Crippen LogP contribution in [-0.2, 0) is 0 Å². The summed E-state index contributed by atoms with van der Waals surface area (Å²) >= 11 is 0. The van der Waals surface area contributed by atoms with Gasteiger partial charge in [-0.05, 0) is 102 Å². The van der Waals surface area contributed by atoms with Crippen LogP contribution in [0.25, 0.3) is 58.4 Å². The van der Waals surface area contributed by atoms with Gasteiger partial charge in [-0.15, -0.1) is 0 Å². The summed E-state index contributed by atoms with van der Waals surface area (Å²) in [5.41, 5.74) is 14.3. The van der Waals surface area contributed by atoms with Crippen LogP contribution in [0.2, 0.25) is 0 Å². The number of rotatable bonds is 10. The zero-order valence-electron chi connectivity index (χ0n) is 30.1. The second kappa shape index (κ2) is 16.5. The van der Waals surface area contributed by atoms with Gasteiger partial charge in [0.15, 0.2) is 0 Å². The molecule has 0 N–H and O–H groups in total. The fourth-order valence-corrected chi connectivity index (χ4v) is 6.81. The molecule has 0 atom stereocenters. The van der Waals surface area contributed by atoms with Crippen molar-refractivity contribution in [3.05, 3.63) is 262 Å². The summed E-state index contributed by atoms with van der Waals surface area (Å²) in [5, 5.41) is 2.46. The summed E-state index contributed by atoms with van der Waals surface area (Å²) < 4.78 is 0. The lowest BCUT2D eigenvalue weighted by molar-refractivity contribution is 1.55. The Balaban J connectivity index is 1.05. The Morgan fingerprint density at radius 1 is 0.259 bits per heavy atom. The van der Waals surface area contributed by atoms with Gasteiger partial charge in [0.05, 0.1) is 0 Å². The van der Waals surface area contributed by atoms with Gasteiger partial charge in [0.1, 0.15) is 0 Å². The summed E-state index contributed by atoms with van der Waals surface area (Å²) in [7, 11) is 0. The van der Waals surface area contributed by atoms with Crippen molar-refractivity contribution >= 4 is 58.4 Å². The van der Waals surface area contributed by atoms with Gasteiger partial charge >= 0.3 is 0 Å². The molecule has 8 aromatic rings. The van der Waals surface area contributed by atoms with Crippen LogP contribution in [-0.4, -0.2) is 0 Å². The first-order chi connectivity index (χ1) is 26.7. The van der Waals surface area contributed by atoms with E-state index in [0.29, 0.717) is 0 Å². The van der Waals surface area contributed by atoms with E-state index in [2.05, 4.69) is 243 Å². The number of hydrogen-bond donors (Lipinski definition) is 0. The third kappa shape index (κ3) is 8.37. The largest absolute Gasteiger partial charge is 0.0622 e. The molecule has 0 spiro atoms. The van der Waals surface area contributed by atoms with E-state index in [1.165, 1.54) is 66.4 Å². The lowest BCUT2D eigenvalue weighted by Crippen LogP contribution is -1.88. The Hall–Kier alpha value is -7.02. The Labute approximate surface area is 319 Å². The van der Waals surface area contributed by atoms with Crippen molar-refractivity contribution in [2.45, 2.75) is 0 Å². The third-order valence-electron chi connectivity index (χ3n) is 9.70. The number of benzene rings is 8. The average Bonchev–Trinajstić information content (AvgIpc) is 3.25. The maximum Gasteiger partial charge on any atom is -0.0105 e. The van der Waals surface area contributed by atoms with Gasteiger partial charge in [0.2, 0.25) is 0 Å². The number of fused-ring (bicyclic) bond motifs is 1. The van der Waals surface area contributed by atoms with Gasteiger partial charge in [-0.25, -0.2) is 0 Å². The molecular formula is C54H40. The zero-order chi connectivity index (χ0) is 36.4. The molecule has 0 fully saturated rings. The van der Waals surface area contributed by atoms with E-state index in [4.69, 9.17) is 0 Å². The molecule has 0 aliphatic rings. The van der Waals surface area contributed by atoms with Crippen LogP contribution >= 0.6 is 0 Å².